The lowest BCUT2D eigenvalue weighted by Crippen LogP contribution is -2.48. The molecule has 2 aliphatic rings. The molecule has 108 valence electrons. The van der Waals surface area contributed by atoms with Gasteiger partial charge >= 0.3 is 0 Å². The molecule has 1 fully saturated rings. The molecule has 3 rings (SSSR count). The summed E-state index contributed by atoms with van der Waals surface area (Å²) in [7, 11) is 0. The summed E-state index contributed by atoms with van der Waals surface area (Å²) in [5, 5.41) is 0. The lowest BCUT2D eigenvalue weighted by molar-refractivity contribution is -0.130. The van der Waals surface area contributed by atoms with Crippen LogP contribution in [0.5, 0.6) is 11.5 Å². The topological polar surface area (TPSA) is 42.0 Å². The van der Waals surface area contributed by atoms with Gasteiger partial charge in [-0.15, -0.1) is 0 Å². The van der Waals surface area contributed by atoms with Crippen molar-refractivity contribution < 1.29 is 14.3 Å². The van der Waals surface area contributed by atoms with Crippen LogP contribution in [0.2, 0.25) is 0 Å². The Morgan fingerprint density at radius 2 is 1.90 bits per heavy atom. The van der Waals surface area contributed by atoms with Crippen molar-refractivity contribution in [1.29, 1.82) is 0 Å². The van der Waals surface area contributed by atoms with Crippen molar-refractivity contribution in [3.8, 4) is 11.5 Å². The van der Waals surface area contributed by atoms with Crippen LogP contribution in [0.1, 0.15) is 5.56 Å². The van der Waals surface area contributed by atoms with Gasteiger partial charge in [-0.05, 0) is 17.7 Å². The maximum atomic E-state index is 11.6. The van der Waals surface area contributed by atoms with Gasteiger partial charge in [0.2, 0.25) is 12.7 Å². The van der Waals surface area contributed by atoms with Gasteiger partial charge in [-0.3, -0.25) is 9.69 Å². The van der Waals surface area contributed by atoms with Crippen LogP contribution in [0.25, 0.3) is 0 Å². The van der Waals surface area contributed by atoms with Crippen molar-refractivity contribution in [2.24, 2.45) is 0 Å². The van der Waals surface area contributed by atoms with Gasteiger partial charge in [0.1, 0.15) is 0 Å². The molecule has 20 heavy (non-hydrogen) atoms. The molecule has 0 N–H and O–H groups in total. The van der Waals surface area contributed by atoms with Gasteiger partial charge < -0.3 is 14.4 Å². The first-order valence-corrected chi connectivity index (χ1v) is 7.39. The molecule has 0 aliphatic carbocycles. The van der Waals surface area contributed by atoms with Gasteiger partial charge in [0.15, 0.2) is 11.5 Å². The van der Waals surface area contributed by atoms with Crippen molar-refractivity contribution in [2.75, 3.05) is 38.7 Å². The zero-order chi connectivity index (χ0) is 13.9. The summed E-state index contributed by atoms with van der Waals surface area (Å²) < 4.78 is 10.7. The molecule has 0 unspecified atom stereocenters. The number of hydrogen-bond acceptors (Lipinski definition) is 5. The summed E-state index contributed by atoms with van der Waals surface area (Å²) in [6.45, 7) is 4.54. The third kappa shape index (κ3) is 2.86. The molecule has 2 heterocycles. The SMILES string of the molecule is O=C(CS)N1CCN(Cc2ccc3c(c2)OCO3)CC1. The number of ether oxygens (including phenoxy) is 2. The van der Waals surface area contributed by atoms with E-state index in [4.69, 9.17) is 9.47 Å². The first kappa shape index (κ1) is 13.6. The second-order valence-corrected chi connectivity index (χ2v) is 5.32. The van der Waals surface area contributed by atoms with E-state index in [1.54, 1.807) is 0 Å². The summed E-state index contributed by atoms with van der Waals surface area (Å²) in [5.41, 5.74) is 1.21. The minimum atomic E-state index is 0.121. The van der Waals surface area contributed by atoms with Crippen molar-refractivity contribution in [3.05, 3.63) is 23.8 Å². The van der Waals surface area contributed by atoms with Crippen LogP contribution >= 0.6 is 12.6 Å². The summed E-state index contributed by atoms with van der Waals surface area (Å²) in [4.78, 5) is 15.8. The Balaban J connectivity index is 1.56. The molecule has 0 saturated carbocycles. The van der Waals surface area contributed by atoms with E-state index in [-0.39, 0.29) is 5.91 Å². The second-order valence-electron chi connectivity index (χ2n) is 5.00. The Labute approximate surface area is 123 Å². The normalized spacial score (nSPS) is 18.4. The molecule has 1 aromatic carbocycles. The minimum Gasteiger partial charge on any atom is -0.454 e. The number of nitrogens with zero attached hydrogens (tertiary/aromatic N) is 2. The number of thiol groups is 1. The fourth-order valence-corrected chi connectivity index (χ4v) is 2.75. The zero-order valence-corrected chi connectivity index (χ0v) is 12.1. The third-order valence-electron chi connectivity index (χ3n) is 3.70. The number of carbonyl (C=O) groups excluding carboxylic acids is 1. The molecule has 1 aromatic rings. The number of fused-ring (bicyclic) bond motifs is 1. The molecule has 0 atom stereocenters. The van der Waals surface area contributed by atoms with Gasteiger partial charge in [-0.2, -0.15) is 12.6 Å². The van der Waals surface area contributed by atoms with Crippen LogP contribution in [0, 0.1) is 0 Å². The number of carbonyl (C=O) groups is 1. The molecule has 6 heteroatoms. The van der Waals surface area contributed by atoms with Gasteiger partial charge in [-0.1, -0.05) is 6.07 Å². The molecule has 1 saturated heterocycles. The Morgan fingerprint density at radius 1 is 1.15 bits per heavy atom. The monoisotopic (exact) mass is 294 g/mol. The van der Waals surface area contributed by atoms with Crippen LogP contribution < -0.4 is 9.47 Å². The standard InChI is InChI=1S/C14H18N2O3S/c17-14(9-20)16-5-3-15(4-6-16)8-11-1-2-12-13(7-11)19-10-18-12/h1-2,7,20H,3-6,8-10H2. The highest BCUT2D eigenvalue weighted by atomic mass is 32.1. The van der Waals surface area contributed by atoms with Gasteiger partial charge in [-0.25, -0.2) is 0 Å². The maximum Gasteiger partial charge on any atom is 0.232 e. The lowest BCUT2D eigenvalue weighted by atomic mass is 10.1. The predicted molar refractivity (Wildman–Crippen MR) is 78.3 cm³/mol. The molecule has 0 aromatic heterocycles. The smallest absolute Gasteiger partial charge is 0.232 e. The van der Waals surface area contributed by atoms with E-state index in [1.165, 1.54) is 5.56 Å². The van der Waals surface area contributed by atoms with E-state index in [2.05, 4.69) is 23.6 Å². The largest absolute Gasteiger partial charge is 0.454 e. The number of hydrogen-bond donors (Lipinski definition) is 1. The van der Waals surface area contributed by atoms with E-state index in [0.29, 0.717) is 12.5 Å². The third-order valence-corrected chi connectivity index (χ3v) is 3.97. The Hall–Kier alpha value is -1.40. The molecule has 2 aliphatic heterocycles. The average Bonchev–Trinajstić information content (AvgIpc) is 2.95. The van der Waals surface area contributed by atoms with E-state index >= 15 is 0 Å². The zero-order valence-electron chi connectivity index (χ0n) is 11.2. The Kier molecular flexibility index (Phi) is 4.03. The van der Waals surface area contributed by atoms with Crippen LogP contribution in [0.3, 0.4) is 0 Å². The van der Waals surface area contributed by atoms with Crippen molar-refractivity contribution in [3.63, 3.8) is 0 Å². The van der Waals surface area contributed by atoms with Crippen LogP contribution in [-0.4, -0.2) is 54.4 Å². The summed E-state index contributed by atoms with van der Waals surface area (Å²) in [6.07, 6.45) is 0. The van der Waals surface area contributed by atoms with Crippen LogP contribution in [0.15, 0.2) is 18.2 Å². The number of rotatable bonds is 3. The summed E-state index contributed by atoms with van der Waals surface area (Å²) in [5.74, 6) is 2.06. The summed E-state index contributed by atoms with van der Waals surface area (Å²) in [6, 6.07) is 6.06. The summed E-state index contributed by atoms with van der Waals surface area (Å²) >= 11 is 4.04. The molecule has 0 spiro atoms. The van der Waals surface area contributed by atoms with Crippen molar-refractivity contribution in [2.45, 2.75) is 6.54 Å². The first-order chi connectivity index (χ1) is 9.76. The Morgan fingerprint density at radius 3 is 2.65 bits per heavy atom. The fourth-order valence-electron chi connectivity index (χ4n) is 2.55. The molecule has 5 nitrogen and oxygen atoms in total. The fraction of sp³-hybridized carbons (Fsp3) is 0.500. The van der Waals surface area contributed by atoms with Crippen molar-refractivity contribution in [1.82, 2.24) is 9.80 Å². The van der Waals surface area contributed by atoms with E-state index in [0.717, 1.165) is 44.2 Å². The molecule has 1 amide bonds. The average molecular weight is 294 g/mol. The number of benzene rings is 1. The number of piperazine rings is 1. The second kappa shape index (κ2) is 5.93. The molecular weight excluding hydrogens is 276 g/mol. The predicted octanol–water partition coefficient (Wildman–Crippen LogP) is 0.989. The lowest BCUT2D eigenvalue weighted by Gasteiger charge is -2.34. The quantitative estimate of drug-likeness (QED) is 0.844. The van der Waals surface area contributed by atoms with Gasteiger partial charge in [0.05, 0.1) is 5.75 Å². The highest BCUT2D eigenvalue weighted by molar-refractivity contribution is 7.81. The highest BCUT2D eigenvalue weighted by Crippen LogP contribution is 2.32. The van der Waals surface area contributed by atoms with Gasteiger partial charge in [0, 0.05) is 32.7 Å². The molecular formula is C14H18N2O3S. The first-order valence-electron chi connectivity index (χ1n) is 6.76. The number of amides is 1. The van der Waals surface area contributed by atoms with E-state index in [9.17, 15) is 4.79 Å². The van der Waals surface area contributed by atoms with E-state index in [1.807, 2.05) is 17.0 Å². The van der Waals surface area contributed by atoms with Crippen LogP contribution in [0.4, 0.5) is 0 Å². The molecule has 0 radical (unpaired) electrons. The Bertz CT molecular complexity index is 501. The minimum absolute atomic E-state index is 0.121. The maximum absolute atomic E-state index is 11.6. The highest BCUT2D eigenvalue weighted by Gasteiger charge is 2.21. The molecule has 0 bridgehead atoms. The van der Waals surface area contributed by atoms with E-state index < -0.39 is 0 Å². The van der Waals surface area contributed by atoms with Gasteiger partial charge in [0.25, 0.3) is 0 Å². The van der Waals surface area contributed by atoms with Crippen LogP contribution in [-0.2, 0) is 11.3 Å². The van der Waals surface area contributed by atoms with Crippen molar-refractivity contribution >= 4 is 18.5 Å².